The second-order valence-corrected chi connectivity index (χ2v) is 4.59. The van der Waals surface area contributed by atoms with E-state index in [1.807, 2.05) is 19.9 Å². The maximum Gasteiger partial charge on any atom is 0.122 e. The molecule has 3 nitrogen and oxygen atoms in total. The van der Waals surface area contributed by atoms with Gasteiger partial charge < -0.3 is 14.9 Å². The third kappa shape index (κ3) is 3.72. The van der Waals surface area contributed by atoms with E-state index in [4.69, 9.17) is 4.74 Å². The molecule has 0 radical (unpaired) electrons. The van der Waals surface area contributed by atoms with Crippen molar-refractivity contribution < 1.29 is 14.9 Å². The molecule has 0 bridgehead atoms. The van der Waals surface area contributed by atoms with Crippen molar-refractivity contribution in [1.29, 1.82) is 0 Å². The molecule has 0 aliphatic rings. The number of hydrogen-bond donors (Lipinski definition) is 2. The average molecular weight is 238 g/mol. The van der Waals surface area contributed by atoms with Crippen LogP contribution in [0.2, 0.25) is 0 Å². The lowest BCUT2D eigenvalue weighted by Gasteiger charge is -2.15. The van der Waals surface area contributed by atoms with Crippen LogP contribution in [0, 0.1) is 13.8 Å². The summed E-state index contributed by atoms with van der Waals surface area (Å²) in [6.45, 7) is 5.65. The fourth-order valence-electron chi connectivity index (χ4n) is 1.88. The Labute approximate surface area is 103 Å². The monoisotopic (exact) mass is 238 g/mol. The van der Waals surface area contributed by atoms with Gasteiger partial charge in [-0.15, -0.1) is 0 Å². The smallest absolute Gasteiger partial charge is 0.122 e. The number of aliphatic hydroxyl groups is 2. The van der Waals surface area contributed by atoms with E-state index in [9.17, 15) is 10.2 Å². The van der Waals surface area contributed by atoms with Gasteiger partial charge in [-0.2, -0.15) is 0 Å². The molecular weight excluding hydrogens is 216 g/mol. The van der Waals surface area contributed by atoms with Gasteiger partial charge in [0.15, 0.2) is 0 Å². The van der Waals surface area contributed by atoms with Gasteiger partial charge in [-0.25, -0.2) is 0 Å². The van der Waals surface area contributed by atoms with Crippen LogP contribution in [0.5, 0.6) is 5.75 Å². The highest BCUT2D eigenvalue weighted by Gasteiger charge is 2.12. The fourth-order valence-corrected chi connectivity index (χ4v) is 1.88. The van der Waals surface area contributed by atoms with Crippen LogP contribution in [-0.2, 0) is 6.42 Å². The highest BCUT2D eigenvalue weighted by atomic mass is 16.5. The molecule has 0 spiro atoms. The van der Waals surface area contributed by atoms with Gasteiger partial charge in [-0.3, -0.25) is 0 Å². The summed E-state index contributed by atoms with van der Waals surface area (Å²) in [6, 6.07) is 4.10. The number of rotatable bonds is 5. The second kappa shape index (κ2) is 6.03. The summed E-state index contributed by atoms with van der Waals surface area (Å²) >= 11 is 0. The Kier molecular flexibility index (Phi) is 4.97. The molecule has 96 valence electrons. The molecule has 17 heavy (non-hydrogen) atoms. The minimum Gasteiger partial charge on any atom is -0.496 e. The second-order valence-electron chi connectivity index (χ2n) is 4.59. The molecule has 1 aromatic rings. The zero-order valence-corrected chi connectivity index (χ0v) is 11.0. The maximum atomic E-state index is 9.57. The summed E-state index contributed by atoms with van der Waals surface area (Å²) in [5.41, 5.74) is 3.45. The van der Waals surface area contributed by atoms with Crippen molar-refractivity contribution in [2.45, 2.75) is 45.8 Å². The molecule has 0 aromatic heterocycles. The van der Waals surface area contributed by atoms with Gasteiger partial charge in [-0.1, -0.05) is 6.07 Å². The first-order valence-corrected chi connectivity index (χ1v) is 5.96. The molecule has 1 rings (SSSR count). The van der Waals surface area contributed by atoms with Crippen molar-refractivity contribution >= 4 is 0 Å². The Morgan fingerprint density at radius 3 is 2.35 bits per heavy atom. The van der Waals surface area contributed by atoms with E-state index >= 15 is 0 Å². The van der Waals surface area contributed by atoms with Gasteiger partial charge in [0.2, 0.25) is 0 Å². The van der Waals surface area contributed by atoms with Gasteiger partial charge in [0.05, 0.1) is 19.3 Å². The van der Waals surface area contributed by atoms with Crippen molar-refractivity contribution in [2.75, 3.05) is 7.11 Å². The van der Waals surface area contributed by atoms with Crippen molar-refractivity contribution in [2.24, 2.45) is 0 Å². The fraction of sp³-hybridized carbons (Fsp3) is 0.571. The first-order chi connectivity index (χ1) is 7.95. The normalized spacial score (nSPS) is 14.5. The van der Waals surface area contributed by atoms with Crippen LogP contribution in [0.15, 0.2) is 12.1 Å². The van der Waals surface area contributed by atoms with E-state index in [-0.39, 0.29) is 0 Å². The van der Waals surface area contributed by atoms with Crippen molar-refractivity contribution in [1.82, 2.24) is 0 Å². The van der Waals surface area contributed by atoms with Crippen molar-refractivity contribution in [3.05, 3.63) is 28.8 Å². The standard InChI is InChI=1S/C14H22O3/c1-9-8-14(17-4)10(2)7-12(9)5-6-13(16)11(3)15/h7-8,11,13,15-16H,5-6H2,1-4H3. The van der Waals surface area contributed by atoms with E-state index in [0.29, 0.717) is 6.42 Å². The summed E-state index contributed by atoms with van der Waals surface area (Å²) < 4.78 is 5.26. The summed E-state index contributed by atoms with van der Waals surface area (Å²) in [4.78, 5) is 0. The molecule has 2 atom stereocenters. The lowest BCUT2D eigenvalue weighted by molar-refractivity contribution is 0.0265. The number of methoxy groups -OCH3 is 1. The lowest BCUT2D eigenvalue weighted by atomic mass is 9.98. The highest BCUT2D eigenvalue weighted by Crippen LogP contribution is 2.23. The Morgan fingerprint density at radius 2 is 1.82 bits per heavy atom. The van der Waals surface area contributed by atoms with Crippen LogP contribution in [0.4, 0.5) is 0 Å². The molecule has 2 N–H and O–H groups in total. The number of benzene rings is 1. The third-order valence-electron chi connectivity index (χ3n) is 3.12. The summed E-state index contributed by atoms with van der Waals surface area (Å²) in [6.07, 6.45) is 0.0129. The quantitative estimate of drug-likeness (QED) is 0.824. The van der Waals surface area contributed by atoms with Crippen LogP contribution in [0.3, 0.4) is 0 Å². The minimum atomic E-state index is -0.672. The molecule has 2 unspecified atom stereocenters. The SMILES string of the molecule is COc1cc(C)c(CCC(O)C(C)O)cc1C. The molecule has 0 saturated carbocycles. The molecule has 0 amide bonds. The molecule has 0 aliphatic carbocycles. The molecule has 0 heterocycles. The molecule has 0 saturated heterocycles. The highest BCUT2D eigenvalue weighted by molar-refractivity contribution is 5.41. The average Bonchev–Trinajstić information content (AvgIpc) is 2.29. The molecule has 1 aromatic carbocycles. The predicted molar refractivity (Wildman–Crippen MR) is 68.5 cm³/mol. The lowest BCUT2D eigenvalue weighted by Crippen LogP contribution is -2.23. The van der Waals surface area contributed by atoms with Gasteiger partial charge in [-0.05, 0) is 56.4 Å². The van der Waals surface area contributed by atoms with E-state index in [0.717, 1.165) is 23.3 Å². The van der Waals surface area contributed by atoms with Crippen LogP contribution in [-0.4, -0.2) is 29.5 Å². The number of ether oxygens (including phenoxy) is 1. The number of aryl methyl sites for hydroxylation is 3. The summed E-state index contributed by atoms with van der Waals surface area (Å²) in [5, 5.41) is 18.8. The zero-order valence-electron chi connectivity index (χ0n) is 11.0. The topological polar surface area (TPSA) is 49.7 Å². The summed E-state index contributed by atoms with van der Waals surface area (Å²) in [7, 11) is 1.67. The largest absolute Gasteiger partial charge is 0.496 e. The van der Waals surface area contributed by atoms with Crippen molar-refractivity contribution in [3.63, 3.8) is 0 Å². The predicted octanol–water partition coefficient (Wildman–Crippen LogP) is 1.99. The maximum absolute atomic E-state index is 9.57. The van der Waals surface area contributed by atoms with Gasteiger partial charge in [0.25, 0.3) is 0 Å². The Morgan fingerprint density at radius 1 is 1.18 bits per heavy atom. The van der Waals surface area contributed by atoms with E-state index in [2.05, 4.69) is 6.07 Å². The van der Waals surface area contributed by atoms with E-state index < -0.39 is 12.2 Å². The van der Waals surface area contributed by atoms with Crippen LogP contribution in [0.25, 0.3) is 0 Å². The summed E-state index contributed by atoms with van der Waals surface area (Å²) in [5.74, 6) is 0.891. The number of aliphatic hydroxyl groups excluding tert-OH is 2. The first-order valence-electron chi connectivity index (χ1n) is 5.96. The Balaban J connectivity index is 2.75. The third-order valence-corrected chi connectivity index (χ3v) is 3.12. The van der Waals surface area contributed by atoms with Crippen molar-refractivity contribution in [3.8, 4) is 5.75 Å². The molecular formula is C14H22O3. The van der Waals surface area contributed by atoms with Gasteiger partial charge >= 0.3 is 0 Å². The molecule has 3 heteroatoms. The van der Waals surface area contributed by atoms with Crippen LogP contribution < -0.4 is 4.74 Å². The van der Waals surface area contributed by atoms with Gasteiger partial charge in [0, 0.05) is 0 Å². The van der Waals surface area contributed by atoms with Crippen LogP contribution >= 0.6 is 0 Å². The van der Waals surface area contributed by atoms with Gasteiger partial charge in [0.1, 0.15) is 5.75 Å². The Hall–Kier alpha value is -1.06. The zero-order chi connectivity index (χ0) is 13.0. The first kappa shape index (κ1) is 14.0. The van der Waals surface area contributed by atoms with Crippen LogP contribution in [0.1, 0.15) is 30.0 Å². The number of hydrogen-bond acceptors (Lipinski definition) is 3. The molecule has 0 aliphatic heterocycles. The Bertz CT molecular complexity index is 372. The van der Waals surface area contributed by atoms with E-state index in [1.165, 1.54) is 5.56 Å². The molecule has 0 fully saturated rings. The van der Waals surface area contributed by atoms with E-state index in [1.54, 1.807) is 14.0 Å². The minimum absolute atomic E-state index is 0.574.